The van der Waals surface area contributed by atoms with Gasteiger partial charge in [0, 0.05) is 10.9 Å². The average molecular weight is 158 g/mol. The summed E-state index contributed by atoms with van der Waals surface area (Å²) in [6, 6.07) is 7.28. The summed E-state index contributed by atoms with van der Waals surface area (Å²) in [4.78, 5) is 10.6. The second kappa shape index (κ2) is 2.70. The van der Waals surface area contributed by atoms with Gasteiger partial charge in [0.1, 0.15) is 5.52 Å². The molecule has 12 heavy (non-hydrogen) atoms. The van der Waals surface area contributed by atoms with Crippen molar-refractivity contribution in [2.45, 2.75) is 0 Å². The van der Waals surface area contributed by atoms with Crippen LogP contribution in [-0.2, 0) is 0 Å². The van der Waals surface area contributed by atoms with Gasteiger partial charge in [-0.25, -0.2) is 0 Å². The molecule has 0 N–H and O–H groups in total. The Hall–Kier alpha value is -1.77. The summed E-state index contributed by atoms with van der Waals surface area (Å²) in [5.74, 6) is 0. The lowest BCUT2D eigenvalue weighted by molar-refractivity contribution is 0.112. The van der Waals surface area contributed by atoms with Gasteiger partial charge in [-0.15, -0.1) is 5.10 Å². The van der Waals surface area contributed by atoms with Gasteiger partial charge in [0.05, 0.1) is 6.20 Å². The van der Waals surface area contributed by atoms with Crippen LogP contribution in [-0.4, -0.2) is 16.5 Å². The Labute approximate surface area is 69.0 Å². The fraction of sp³-hybridized carbons (Fsp3) is 0. The Balaban J connectivity index is 2.88. The van der Waals surface area contributed by atoms with Crippen molar-refractivity contribution in [2.24, 2.45) is 0 Å². The maximum atomic E-state index is 10.6. The van der Waals surface area contributed by atoms with E-state index in [0.29, 0.717) is 11.1 Å². The summed E-state index contributed by atoms with van der Waals surface area (Å²) in [5, 5.41) is 8.52. The molecular weight excluding hydrogens is 152 g/mol. The Morgan fingerprint density at radius 3 is 3.00 bits per heavy atom. The Morgan fingerprint density at radius 2 is 2.17 bits per heavy atom. The molecule has 0 aliphatic heterocycles. The molecule has 1 heterocycles. The number of carbonyl (C=O) groups is 1. The molecule has 0 radical (unpaired) electrons. The van der Waals surface area contributed by atoms with Gasteiger partial charge in [0.25, 0.3) is 0 Å². The van der Waals surface area contributed by atoms with Gasteiger partial charge in [-0.05, 0) is 12.1 Å². The smallest absolute Gasteiger partial charge is 0.152 e. The van der Waals surface area contributed by atoms with Crippen LogP contribution in [0.2, 0.25) is 0 Å². The van der Waals surface area contributed by atoms with E-state index in [9.17, 15) is 4.79 Å². The van der Waals surface area contributed by atoms with Crippen LogP contribution >= 0.6 is 0 Å². The van der Waals surface area contributed by atoms with E-state index >= 15 is 0 Å². The highest BCUT2D eigenvalue weighted by atomic mass is 16.1. The van der Waals surface area contributed by atoms with Gasteiger partial charge in [-0.2, -0.15) is 5.10 Å². The quantitative estimate of drug-likeness (QED) is 0.590. The van der Waals surface area contributed by atoms with Gasteiger partial charge in [0.15, 0.2) is 6.29 Å². The van der Waals surface area contributed by atoms with Crippen molar-refractivity contribution in [2.75, 3.05) is 0 Å². The van der Waals surface area contributed by atoms with E-state index in [0.717, 1.165) is 11.7 Å². The SMILES string of the molecule is O=Cc1cccc2ccnnc12. The molecule has 0 atom stereocenters. The average Bonchev–Trinajstić information content (AvgIpc) is 2.17. The standard InChI is InChI=1S/C9H6N2O/c12-6-8-3-1-2-7-4-5-10-11-9(7)8/h1-6H. The first-order chi connectivity index (χ1) is 5.92. The van der Waals surface area contributed by atoms with E-state index in [1.165, 1.54) is 0 Å². The van der Waals surface area contributed by atoms with Crippen LogP contribution in [0.1, 0.15) is 10.4 Å². The summed E-state index contributed by atoms with van der Waals surface area (Å²) in [6.45, 7) is 0. The molecule has 3 heteroatoms. The molecule has 0 saturated heterocycles. The van der Waals surface area contributed by atoms with Crippen LogP contribution in [0.25, 0.3) is 10.9 Å². The van der Waals surface area contributed by atoms with Crippen LogP contribution in [0.3, 0.4) is 0 Å². The fourth-order valence-electron chi connectivity index (χ4n) is 1.13. The molecule has 0 saturated carbocycles. The highest BCUT2D eigenvalue weighted by molar-refractivity contribution is 5.94. The zero-order valence-corrected chi connectivity index (χ0v) is 6.27. The molecule has 2 rings (SSSR count). The van der Waals surface area contributed by atoms with Crippen molar-refractivity contribution in [3.63, 3.8) is 0 Å². The molecule has 1 aromatic heterocycles. The molecule has 0 aliphatic rings. The van der Waals surface area contributed by atoms with Crippen LogP contribution in [0, 0.1) is 0 Å². The first kappa shape index (κ1) is 6.91. The summed E-state index contributed by atoms with van der Waals surface area (Å²) in [6.07, 6.45) is 2.40. The summed E-state index contributed by atoms with van der Waals surface area (Å²) in [7, 11) is 0. The minimum absolute atomic E-state index is 0.584. The minimum Gasteiger partial charge on any atom is -0.298 e. The predicted octanol–water partition coefficient (Wildman–Crippen LogP) is 1.44. The van der Waals surface area contributed by atoms with Crippen LogP contribution in [0.5, 0.6) is 0 Å². The van der Waals surface area contributed by atoms with E-state index in [2.05, 4.69) is 10.2 Å². The molecule has 0 fully saturated rings. The molecule has 0 amide bonds. The van der Waals surface area contributed by atoms with E-state index in [1.807, 2.05) is 18.2 Å². The zero-order chi connectivity index (χ0) is 8.39. The minimum atomic E-state index is 0.584. The topological polar surface area (TPSA) is 42.9 Å². The zero-order valence-electron chi connectivity index (χ0n) is 6.27. The van der Waals surface area contributed by atoms with Crippen LogP contribution in [0.4, 0.5) is 0 Å². The Kier molecular flexibility index (Phi) is 1.55. The highest BCUT2D eigenvalue weighted by Crippen LogP contribution is 2.12. The maximum Gasteiger partial charge on any atom is 0.152 e. The van der Waals surface area contributed by atoms with Crippen molar-refractivity contribution >= 4 is 17.2 Å². The molecular formula is C9H6N2O. The van der Waals surface area contributed by atoms with Crippen molar-refractivity contribution in [3.05, 3.63) is 36.0 Å². The van der Waals surface area contributed by atoms with Crippen molar-refractivity contribution in [1.29, 1.82) is 0 Å². The van der Waals surface area contributed by atoms with Crippen molar-refractivity contribution in [3.8, 4) is 0 Å². The summed E-state index contributed by atoms with van der Waals surface area (Å²) >= 11 is 0. The first-order valence-electron chi connectivity index (χ1n) is 3.57. The maximum absolute atomic E-state index is 10.6. The molecule has 0 spiro atoms. The first-order valence-corrected chi connectivity index (χ1v) is 3.57. The molecule has 0 bridgehead atoms. The third-order valence-electron chi connectivity index (χ3n) is 1.70. The van der Waals surface area contributed by atoms with Gasteiger partial charge >= 0.3 is 0 Å². The van der Waals surface area contributed by atoms with E-state index < -0.39 is 0 Å². The number of benzene rings is 1. The predicted molar refractivity (Wildman–Crippen MR) is 44.9 cm³/mol. The molecule has 0 unspecified atom stereocenters. The molecule has 3 nitrogen and oxygen atoms in total. The van der Waals surface area contributed by atoms with E-state index in [4.69, 9.17) is 0 Å². The van der Waals surface area contributed by atoms with Gasteiger partial charge < -0.3 is 0 Å². The Morgan fingerprint density at radius 1 is 1.25 bits per heavy atom. The molecule has 0 aliphatic carbocycles. The third-order valence-corrected chi connectivity index (χ3v) is 1.70. The lowest BCUT2D eigenvalue weighted by Gasteiger charge is -1.95. The highest BCUT2D eigenvalue weighted by Gasteiger charge is 1.98. The van der Waals surface area contributed by atoms with E-state index in [-0.39, 0.29) is 0 Å². The Bertz CT molecular complexity index is 420. The monoisotopic (exact) mass is 158 g/mol. The van der Waals surface area contributed by atoms with Crippen molar-refractivity contribution < 1.29 is 4.79 Å². The molecule has 58 valence electrons. The lowest BCUT2D eigenvalue weighted by Crippen LogP contribution is -1.88. The number of aromatic nitrogens is 2. The normalized spacial score (nSPS) is 10.0. The number of hydrogen-bond acceptors (Lipinski definition) is 3. The van der Waals surface area contributed by atoms with Gasteiger partial charge in [-0.3, -0.25) is 4.79 Å². The van der Waals surface area contributed by atoms with Crippen molar-refractivity contribution in [1.82, 2.24) is 10.2 Å². The fourth-order valence-corrected chi connectivity index (χ4v) is 1.13. The van der Waals surface area contributed by atoms with Crippen LogP contribution < -0.4 is 0 Å². The largest absolute Gasteiger partial charge is 0.298 e. The van der Waals surface area contributed by atoms with E-state index in [1.54, 1.807) is 12.3 Å². The lowest BCUT2D eigenvalue weighted by atomic mass is 10.1. The van der Waals surface area contributed by atoms with Crippen LogP contribution in [0.15, 0.2) is 30.5 Å². The molecule has 1 aromatic carbocycles. The molecule has 2 aromatic rings. The number of fused-ring (bicyclic) bond motifs is 1. The summed E-state index contributed by atoms with van der Waals surface area (Å²) < 4.78 is 0. The summed E-state index contributed by atoms with van der Waals surface area (Å²) in [5.41, 5.74) is 1.25. The van der Waals surface area contributed by atoms with Gasteiger partial charge in [-0.1, -0.05) is 12.1 Å². The number of nitrogens with zero attached hydrogens (tertiary/aromatic N) is 2. The van der Waals surface area contributed by atoms with Gasteiger partial charge in [0.2, 0.25) is 0 Å². The second-order valence-electron chi connectivity index (χ2n) is 2.43. The number of rotatable bonds is 1. The second-order valence-corrected chi connectivity index (χ2v) is 2.43. The third kappa shape index (κ3) is 0.955. The number of hydrogen-bond donors (Lipinski definition) is 0. The number of carbonyl (C=O) groups excluding carboxylic acids is 1. The number of aldehydes is 1.